The van der Waals surface area contributed by atoms with Crippen molar-refractivity contribution in [3.63, 3.8) is 0 Å². The van der Waals surface area contributed by atoms with Crippen LogP contribution in [0.15, 0.2) is 65.6 Å². The van der Waals surface area contributed by atoms with E-state index in [0.29, 0.717) is 6.54 Å². The lowest BCUT2D eigenvalue weighted by atomic mass is 10.0. The number of benzene rings is 2. The van der Waals surface area contributed by atoms with Gasteiger partial charge in [-0.05, 0) is 43.8 Å². The van der Waals surface area contributed by atoms with Gasteiger partial charge in [0.25, 0.3) is 0 Å². The molecule has 3 rings (SSSR count). The van der Waals surface area contributed by atoms with Gasteiger partial charge in [0.15, 0.2) is 5.11 Å². The summed E-state index contributed by atoms with van der Waals surface area (Å²) in [5, 5.41) is 18.2. The first-order valence-corrected chi connectivity index (χ1v) is 13.7. The number of sulfonamides is 1. The maximum atomic E-state index is 13.2. The maximum Gasteiger partial charge on any atom is 0.328 e. The first-order chi connectivity index (χ1) is 16.5. The first kappa shape index (κ1) is 26.9. The highest BCUT2D eigenvalue weighted by Crippen LogP contribution is 2.42. The van der Waals surface area contributed by atoms with E-state index in [4.69, 9.17) is 12.2 Å². The van der Waals surface area contributed by atoms with Gasteiger partial charge in [-0.1, -0.05) is 48.5 Å². The Hall–Kier alpha value is -2.67. The van der Waals surface area contributed by atoms with Crippen molar-refractivity contribution < 1.29 is 23.1 Å². The summed E-state index contributed by atoms with van der Waals surface area (Å²) in [5.41, 5.74) is 1.00. The summed E-state index contributed by atoms with van der Waals surface area (Å²) >= 11 is 6.53. The minimum atomic E-state index is -3.96. The van der Waals surface area contributed by atoms with Gasteiger partial charge >= 0.3 is 5.97 Å². The molecule has 35 heavy (non-hydrogen) atoms. The number of nitrogens with zero attached hydrogens (tertiary/aromatic N) is 1. The Kier molecular flexibility index (Phi) is 8.75. The Labute approximate surface area is 214 Å². The lowest BCUT2D eigenvalue weighted by Crippen LogP contribution is -2.58. The molecule has 0 saturated carbocycles. The van der Waals surface area contributed by atoms with Crippen LogP contribution >= 0.6 is 24.0 Å². The molecule has 188 valence electrons. The van der Waals surface area contributed by atoms with Crippen molar-refractivity contribution in [3.8, 4) is 0 Å². The standard InChI is InChI=1S/C23H28N4O5S3/c1-23(2)19(27(15-34-23)35(31,32)17-11-7-4-8-12-17)20(28)26-18(21(29)30)14-25-22(33)24-13-16-9-5-3-6-10-16/h3-12,18-19H,13-15H2,1-2H3,(H,26,28)(H,29,30)(H2,24,25,33). The number of carbonyl (C=O) groups is 2. The molecule has 0 aromatic heterocycles. The van der Waals surface area contributed by atoms with E-state index >= 15 is 0 Å². The van der Waals surface area contributed by atoms with Crippen molar-refractivity contribution in [2.45, 2.75) is 42.1 Å². The lowest BCUT2D eigenvalue weighted by Gasteiger charge is -2.31. The summed E-state index contributed by atoms with van der Waals surface area (Å²) in [5.74, 6) is -1.87. The second-order valence-corrected chi connectivity index (χ2v) is 12.3. The minimum Gasteiger partial charge on any atom is -0.480 e. The molecule has 1 amide bonds. The van der Waals surface area contributed by atoms with Gasteiger partial charge in [0, 0.05) is 17.8 Å². The van der Waals surface area contributed by atoms with Gasteiger partial charge in [-0.15, -0.1) is 11.8 Å². The molecule has 2 atom stereocenters. The highest BCUT2D eigenvalue weighted by atomic mass is 32.2. The lowest BCUT2D eigenvalue weighted by molar-refractivity contribution is -0.142. The molecule has 2 aromatic carbocycles. The van der Waals surface area contributed by atoms with Gasteiger partial charge in [-0.25, -0.2) is 13.2 Å². The zero-order valence-electron chi connectivity index (χ0n) is 19.3. The second-order valence-electron chi connectivity index (χ2n) is 8.43. The molecule has 1 saturated heterocycles. The number of carboxylic acids is 1. The molecule has 1 heterocycles. The number of amides is 1. The monoisotopic (exact) mass is 536 g/mol. The Morgan fingerprint density at radius 2 is 1.71 bits per heavy atom. The first-order valence-electron chi connectivity index (χ1n) is 10.8. The molecule has 1 aliphatic rings. The fraction of sp³-hybridized carbons (Fsp3) is 0.348. The highest BCUT2D eigenvalue weighted by molar-refractivity contribution is 8.02. The predicted octanol–water partition coefficient (Wildman–Crippen LogP) is 1.76. The Balaban J connectivity index is 1.67. The summed E-state index contributed by atoms with van der Waals surface area (Å²) < 4.78 is 26.8. The van der Waals surface area contributed by atoms with Crippen molar-refractivity contribution in [1.82, 2.24) is 20.3 Å². The van der Waals surface area contributed by atoms with E-state index in [0.717, 1.165) is 9.87 Å². The van der Waals surface area contributed by atoms with Gasteiger partial charge in [0.2, 0.25) is 15.9 Å². The molecule has 0 spiro atoms. The number of thioether (sulfide) groups is 1. The maximum absolute atomic E-state index is 13.2. The van der Waals surface area contributed by atoms with Crippen LogP contribution in [0.3, 0.4) is 0 Å². The van der Waals surface area contributed by atoms with Crippen LogP contribution in [-0.4, -0.2) is 64.1 Å². The molecule has 1 fully saturated rings. The Bertz CT molecular complexity index is 1160. The van der Waals surface area contributed by atoms with Crippen LogP contribution in [0.25, 0.3) is 0 Å². The van der Waals surface area contributed by atoms with Gasteiger partial charge in [-0.3, -0.25) is 4.79 Å². The molecule has 0 radical (unpaired) electrons. The molecule has 1 aliphatic heterocycles. The predicted molar refractivity (Wildman–Crippen MR) is 139 cm³/mol. The van der Waals surface area contributed by atoms with Crippen molar-refractivity contribution in [2.24, 2.45) is 0 Å². The highest BCUT2D eigenvalue weighted by Gasteiger charge is 2.51. The molecule has 9 nitrogen and oxygen atoms in total. The minimum absolute atomic E-state index is 0.0717. The van der Waals surface area contributed by atoms with Gasteiger partial charge in [-0.2, -0.15) is 4.31 Å². The molecule has 2 unspecified atom stereocenters. The number of hydrogen-bond acceptors (Lipinski definition) is 6. The topological polar surface area (TPSA) is 128 Å². The van der Waals surface area contributed by atoms with E-state index in [1.165, 1.54) is 23.9 Å². The molecule has 0 aliphatic carbocycles. The third-order valence-electron chi connectivity index (χ3n) is 5.49. The van der Waals surface area contributed by atoms with E-state index in [1.807, 2.05) is 30.3 Å². The van der Waals surface area contributed by atoms with Crippen LogP contribution in [0.2, 0.25) is 0 Å². The number of carbonyl (C=O) groups excluding carboxylic acids is 1. The molecule has 2 aromatic rings. The molecule has 4 N–H and O–H groups in total. The van der Waals surface area contributed by atoms with Crippen LogP contribution in [0, 0.1) is 0 Å². The molecular weight excluding hydrogens is 508 g/mol. The smallest absolute Gasteiger partial charge is 0.328 e. The average molecular weight is 537 g/mol. The largest absolute Gasteiger partial charge is 0.480 e. The second kappa shape index (κ2) is 11.4. The Morgan fingerprint density at radius 1 is 1.11 bits per heavy atom. The molecule has 12 heteroatoms. The number of nitrogens with one attached hydrogen (secondary N) is 3. The normalized spacial score (nSPS) is 18.4. The average Bonchev–Trinajstić information content (AvgIpc) is 3.17. The van der Waals surface area contributed by atoms with Gasteiger partial charge < -0.3 is 21.1 Å². The van der Waals surface area contributed by atoms with Crippen molar-refractivity contribution in [1.29, 1.82) is 0 Å². The number of thiocarbonyl (C=S) groups is 1. The summed E-state index contributed by atoms with van der Waals surface area (Å²) in [7, 11) is -3.96. The number of aliphatic carboxylic acids is 1. The van der Waals surface area contributed by atoms with Crippen LogP contribution in [0.4, 0.5) is 0 Å². The van der Waals surface area contributed by atoms with E-state index in [1.54, 1.807) is 32.0 Å². The zero-order valence-corrected chi connectivity index (χ0v) is 21.8. The number of rotatable bonds is 9. The van der Waals surface area contributed by atoms with Crippen molar-refractivity contribution in [3.05, 3.63) is 66.2 Å². The zero-order chi connectivity index (χ0) is 25.6. The van der Waals surface area contributed by atoms with E-state index < -0.39 is 38.7 Å². The summed E-state index contributed by atoms with van der Waals surface area (Å²) in [6.07, 6.45) is 0. The Morgan fingerprint density at radius 3 is 2.31 bits per heavy atom. The fourth-order valence-electron chi connectivity index (χ4n) is 3.60. The third kappa shape index (κ3) is 6.72. The van der Waals surface area contributed by atoms with Crippen LogP contribution in [0.5, 0.6) is 0 Å². The van der Waals surface area contributed by atoms with Crippen LogP contribution < -0.4 is 16.0 Å². The SMILES string of the molecule is CC1(C)SCN(S(=O)(=O)c2ccccc2)C1C(=O)NC(CNC(=S)NCc1ccccc1)C(=O)O. The summed E-state index contributed by atoms with van der Waals surface area (Å²) in [6.45, 7) is 3.81. The van der Waals surface area contributed by atoms with E-state index in [9.17, 15) is 23.1 Å². The number of hydrogen-bond donors (Lipinski definition) is 4. The van der Waals surface area contributed by atoms with E-state index in [-0.39, 0.29) is 22.4 Å². The summed E-state index contributed by atoms with van der Waals surface area (Å²) in [4.78, 5) is 25.2. The van der Waals surface area contributed by atoms with E-state index in [2.05, 4.69) is 16.0 Å². The van der Waals surface area contributed by atoms with Gasteiger partial charge in [0.1, 0.15) is 12.1 Å². The fourth-order valence-corrected chi connectivity index (χ4v) is 6.94. The van der Waals surface area contributed by atoms with Crippen molar-refractivity contribution in [2.75, 3.05) is 12.4 Å². The van der Waals surface area contributed by atoms with Crippen LogP contribution in [0.1, 0.15) is 19.4 Å². The van der Waals surface area contributed by atoms with Crippen LogP contribution in [-0.2, 0) is 26.2 Å². The number of carboxylic acid groups (broad SMARTS) is 1. The van der Waals surface area contributed by atoms with Crippen molar-refractivity contribution >= 4 is 51.0 Å². The molecular formula is C23H28N4O5S3. The summed E-state index contributed by atoms with van der Waals surface area (Å²) in [6, 6.07) is 15.0. The quantitative estimate of drug-likeness (QED) is 0.355. The third-order valence-corrected chi connectivity index (χ3v) is 9.14. The molecule has 0 bridgehead atoms. The van der Waals surface area contributed by atoms with Gasteiger partial charge in [0.05, 0.1) is 10.8 Å².